The molecule has 0 aliphatic carbocycles. The molecule has 0 aliphatic heterocycles. The summed E-state index contributed by atoms with van der Waals surface area (Å²) >= 11 is 0. The molecule has 0 bridgehead atoms. The van der Waals surface area contributed by atoms with E-state index < -0.39 is 0 Å². The van der Waals surface area contributed by atoms with Crippen molar-refractivity contribution < 1.29 is 0 Å². The number of nitrogens with two attached hydrogens (primary N) is 1. The van der Waals surface area contributed by atoms with Crippen molar-refractivity contribution in [1.82, 2.24) is 0 Å². The largest absolute Gasteiger partial charge is 0.331 e. The van der Waals surface area contributed by atoms with E-state index in [1.54, 1.807) is 0 Å². The molecule has 0 aromatic carbocycles. The minimum absolute atomic E-state index is 0. The molecule has 0 fully saturated rings. The highest BCUT2D eigenvalue weighted by Crippen LogP contribution is 1.56. The molecule has 2 N–H and O–H groups in total. The van der Waals surface area contributed by atoms with Gasteiger partial charge in [0.25, 0.3) is 0 Å². The van der Waals surface area contributed by atoms with Crippen molar-refractivity contribution in [3.63, 3.8) is 0 Å². The summed E-state index contributed by atoms with van der Waals surface area (Å²) in [6.45, 7) is 6.90. The van der Waals surface area contributed by atoms with Crippen molar-refractivity contribution in [2.75, 3.05) is 6.54 Å². The molecule has 0 heterocycles. The minimum atomic E-state index is 0. The summed E-state index contributed by atoms with van der Waals surface area (Å²) in [5.41, 5.74) is 4.85. The summed E-state index contributed by atoms with van der Waals surface area (Å²) in [6.07, 6.45) is 1.25. The summed E-state index contributed by atoms with van der Waals surface area (Å²) < 4.78 is 0. The molecule has 48 valence electrons. The van der Waals surface area contributed by atoms with E-state index in [9.17, 15) is 0 Å². The van der Waals surface area contributed by atoms with Crippen LogP contribution in [-0.2, 0) is 0 Å². The van der Waals surface area contributed by atoms with Gasteiger partial charge >= 0.3 is 0 Å². The average molecular weight is 105 g/mol. The second kappa shape index (κ2) is 38.2. The van der Waals surface area contributed by atoms with Crippen molar-refractivity contribution in [2.45, 2.75) is 34.6 Å². The van der Waals surface area contributed by atoms with Crippen molar-refractivity contribution in [3.8, 4) is 0 Å². The zero-order chi connectivity index (χ0) is 5.41. The Morgan fingerprint density at radius 3 is 1.14 bits per heavy atom. The van der Waals surface area contributed by atoms with Gasteiger partial charge in [0.05, 0.1) is 0 Å². The van der Waals surface area contributed by atoms with E-state index in [2.05, 4.69) is 13.8 Å². The second-order valence-electron chi connectivity index (χ2n) is 1.12. The van der Waals surface area contributed by atoms with Crippen LogP contribution in [0.3, 0.4) is 0 Å². The van der Waals surface area contributed by atoms with E-state index in [0.29, 0.717) is 0 Å². The lowest BCUT2D eigenvalue weighted by Crippen LogP contribution is -1.87. The Bertz CT molecular complexity index is 6.14. The van der Waals surface area contributed by atoms with Crippen LogP contribution in [0.5, 0.6) is 0 Å². The molecule has 7 heavy (non-hydrogen) atoms. The van der Waals surface area contributed by atoms with Gasteiger partial charge in [-0.15, -0.1) is 0 Å². The van der Waals surface area contributed by atoms with Crippen LogP contribution in [0.4, 0.5) is 0 Å². The predicted octanol–water partition coefficient (Wildman–Crippen LogP) is 2.02. The van der Waals surface area contributed by atoms with E-state index >= 15 is 0 Å². The number of rotatable bonds is 0. The number of hydrogen-bond donors (Lipinski definition) is 1. The van der Waals surface area contributed by atoms with Gasteiger partial charge in [-0.2, -0.15) is 0 Å². The zero-order valence-electron chi connectivity index (χ0n) is 4.99. The lowest BCUT2D eigenvalue weighted by Gasteiger charge is -1.53. The molecule has 0 atom stereocenters. The molecule has 0 saturated carbocycles. The van der Waals surface area contributed by atoms with Crippen LogP contribution in [0, 0.1) is 0 Å². The average Bonchev–Trinajstić information content (AvgIpc) is 1.39. The van der Waals surface area contributed by atoms with Gasteiger partial charge in [0.2, 0.25) is 0 Å². The molecule has 0 radical (unpaired) electrons. The van der Waals surface area contributed by atoms with Crippen LogP contribution < -0.4 is 5.73 Å². The van der Waals surface area contributed by atoms with Crippen LogP contribution in [0.15, 0.2) is 0 Å². The summed E-state index contributed by atoms with van der Waals surface area (Å²) in [7, 11) is 0. The number of hydrogen-bond acceptors (Lipinski definition) is 1. The molecular formula is C6H19N. The summed E-state index contributed by atoms with van der Waals surface area (Å²) in [6, 6.07) is 0. The van der Waals surface area contributed by atoms with E-state index in [-0.39, 0.29) is 7.43 Å². The Morgan fingerprint density at radius 1 is 1.14 bits per heavy atom. The molecule has 0 amide bonds. The Balaban J connectivity index is -0.0000000400. The van der Waals surface area contributed by atoms with Crippen LogP contribution in [-0.4, -0.2) is 6.54 Å². The first-order valence-electron chi connectivity index (χ1n) is 2.53. The molecule has 0 aromatic heterocycles. The van der Waals surface area contributed by atoms with Gasteiger partial charge in [0, 0.05) is 0 Å². The van der Waals surface area contributed by atoms with Crippen molar-refractivity contribution in [1.29, 1.82) is 0 Å². The Morgan fingerprint density at radius 2 is 1.14 bits per heavy atom. The van der Waals surface area contributed by atoms with Gasteiger partial charge < -0.3 is 5.73 Å². The molecule has 0 aliphatic rings. The van der Waals surface area contributed by atoms with Crippen molar-refractivity contribution >= 4 is 0 Å². The van der Waals surface area contributed by atoms with Gasteiger partial charge in [-0.05, 0) is 6.54 Å². The monoisotopic (exact) mass is 105 g/mol. The van der Waals surface area contributed by atoms with Gasteiger partial charge in [-0.3, -0.25) is 0 Å². The van der Waals surface area contributed by atoms with Gasteiger partial charge in [0.15, 0.2) is 0 Å². The van der Waals surface area contributed by atoms with Crippen LogP contribution in [0.25, 0.3) is 0 Å². The first-order chi connectivity index (χ1) is 2.83. The molecule has 0 saturated heterocycles. The van der Waals surface area contributed by atoms with E-state index in [0.717, 1.165) is 6.54 Å². The van der Waals surface area contributed by atoms with E-state index in [4.69, 9.17) is 5.73 Å². The first-order valence-corrected chi connectivity index (χ1v) is 2.53. The molecule has 0 spiro atoms. The maximum Gasteiger partial charge on any atom is -0.0106 e. The fraction of sp³-hybridized carbons (Fsp3) is 1.00. The predicted molar refractivity (Wildman–Crippen MR) is 37.4 cm³/mol. The quantitative estimate of drug-likeness (QED) is 0.501. The lowest BCUT2D eigenvalue weighted by molar-refractivity contribution is 1.09. The van der Waals surface area contributed by atoms with E-state index in [1.165, 1.54) is 6.42 Å². The molecular weight excluding hydrogens is 86.1 g/mol. The van der Waals surface area contributed by atoms with Gasteiger partial charge in [-0.25, -0.2) is 0 Å². The molecule has 0 rings (SSSR count). The van der Waals surface area contributed by atoms with Crippen LogP contribution >= 0.6 is 0 Å². The van der Waals surface area contributed by atoms with Crippen molar-refractivity contribution in [3.05, 3.63) is 0 Å². The fourth-order valence-electron chi connectivity index (χ4n) is 0. The molecule has 1 nitrogen and oxygen atoms in total. The van der Waals surface area contributed by atoms with E-state index in [1.807, 2.05) is 6.92 Å². The van der Waals surface area contributed by atoms with Gasteiger partial charge in [0.1, 0.15) is 0 Å². The first kappa shape index (κ1) is 15.8. The third kappa shape index (κ3) is 58400. The third-order valence-electron chi connectivity index (χ3n) is 0. The fourth-order valence-corrected chi connectivity index (χ4v) is 0. The highest BCUT2D eigenvalue weighted by Gasteiger charge is 1.35. The highest BCUT2D eigenvalue weighted by molar-refractivity contribution is 4.00. The maximum absolute atomic E-state index is 4.85. The van der Waals surface area contributed by atoms with Crippen LogP contribution in [0.2, 0.25) is 0 Å². The zero-order valence-corrected chi connectivity index (χ0v) is 4.99. The Kier molecular flexibility index (Phi) is 86.0. The Labute approximate surface area is 47.9 Å². The normalized spacial score (nSPS) is 5.14. The summed E-state index contributed by atoms with van der Waals surface area (Å²) in [5.74, 6) is 0. The summed E-state index contributed by atoms with van der Waals surface area (Å²) in [5, 5.41) is 0. The Hall–Kier alpha value is -0.0400. The molecule has 0 aromatic rings. The molecule has 1 heteroatoms. The van der Waals surface area contributed by atoms with Crippen LogP contribution in [0.1, 0.15) is 34.6 Å². The summed E-state index contributed by atoms with van der Waals surface area (Å²) in [4.78, 5) is 0. The lowest BCUT2D eigenvalue weighted by atomic mass is 10.6. The SMILES string of the molecule is C.CCC.CCN. The third-order valence-corrected chi connectivity index (χ3v) is 0. The van der Waals surface area contributed by atoms with Crippen molar-refractivity contribution in [2.24, 2.45) is 5.73 Å². The molecule has 0 unspecified atom stereocenters. The highest BCUT2D eigenvalue weighted by atomic mass is 14.5. The maximum atomic E-state index is 4.85. The van der Waals surface area contributed by atoms with Gasteiger partial charge in [-0.1, -0.05) is 34.6 Å². The standard InChI is InChI=1S/C3H8.C2H7N.CH4/c1-3-2;1-2-3;/h3H2,1-2H3;2-3H2,1H3;1H4. The minimum Gasteiger partial charge on any atom is -0.331 e. The smallest absolute Gasteiger partial charge is 0.0106 e. The second-order valence-corrected chi connectivity index (χ2v) is 1.12. The topological polar surface area (TPSA) is 26.0 Å².